The van der Waals surface area contributed by atoms with E-state index in [0.29, 0.717) is 0 Å². The van der Waals surface area contributed by atoms with Crippen molar-refractivity contribution in [1.82, 2.24) is 19.7 Å². The highest BCUT2D eigenvalue weighted by atomic mass is 15.3. The summed E-state index contributed by atoms with van der Waals surface area (Å²) in [6.45, 7) is 4.93. The van der Waals surface area contributed by atoms with Gasteiger partial charge in [-0.05, 0) is 19.9 Å². The molecule has 0 saturated carbocycles. The van der Waals surface area contributed by atoms with Gasteiger partial charge in [-0.15, -0.1) is 0 Å². The summed E-state index contributed by atoms with van der Waals surface area (Å²) in [6.07, 6.45) is 5.78. The maximum absolute atomic E-state index is 6.14. The monoisotopic (exact) mass is 231 g/mol. The van der Waals surface area contributed by atoms with Gasteiger partial charge in [-0.3, -0.25) is 4.68 Å². The van der Waals surface area contributed by atoms with Crippen molar-refractivity contribution in [2.75, 3.05) is 0 Å². The lowest BCUT2D eigenvalue weighted by Crippen LogP contribution is -2.16. The number of aryl methyl sites for hydroxylation is 2. The van der Waals surface area contributed by atoms with Gasteiger partial charge in [0.15, 0.2) is 0 Å². The van der Waals surface area contributed by atoms with Gasteiger partial charge >= 0.3 is 0 Å². The second-order valence-corrected chi connectivity index (χ2v) is 4.08. The van der Waals surface area contributed by atoms with Gasteiger partial charge in [-0.25, -0.2) is 9.97 Å². The molecule has 0 aliphatic carbocycles. The molecule has 17 heavy (non-hydrogen) atoms. The molecule has 2 N–H and O–H groups in total. The molecule has 5 heteroatoms. The third-order valence-corrected chi connectivity index (χ3v) is 2.72. The van der Waals surface area contributed by atoms with Crippen LogP contribution in [0.3, 0.4) is 0 Å². The molecule has 0 amide bonds. The number of nitrogens with zero attached hydrogens (tertiary/aromatic N) is 4. The lowest BCUT2D eigenvalue weighted by Gasteiger charge is -2.11. The van der Waals surface area contributed by atoms with E-state index in [1.807, 2.05) is 11.6 Å². The Bertz CT molecular complexity index is 477. The zero-order valence-electron chi connectivity index (χ0n) is 10.2. The van der Waals surface area contributed by atoms with Crippen molar-refractivity contribution < 1.29 is 0 Å². The molecular formula is C12H17N5. The van der Waals surface area contributed by atoms with Crippen LogP contribution < -0.4 is 5.73 Å². The highest BCUT2D eigenvalue weighted by Gasteiger charge is 2.11. The minimum atomic E-state index is -0.0856. The Kier molecular flexibility index (Phi) is 3.49. The van der Waals surface area contributed by atoms with Gasteiger partial charge in [0.2, 0.25) is 0 Å². The van der Waals surface area contributed by atoms with Crippen molar-refractivity contribution in [3.05, 3.63) is 41.7 Å². The Morgan fingerprint density at radius 3 is 2.71 bits per heavy atom. The van der Waals surface area contributed by atoms with Crippen LogP contribution in [0.5, 0.6) is 0 Å². The lowest BCUT2D eigenvalue weighted by molar-refractivity contribution is 0.586. The van der Waals surface area contributed by atoms with Crippen LogP contribution in [0.25, 0.3) is 0 Å². The minimum absolute atomic E-state index is 0.0856. The molecule has 2 aromatic heterocycles. The van der Waals surface area contributed by atoms with Gasteiger partial charge in [-0.2, -0.15) is 5.10 Å². The summed E-state index contributed by atoms with van der Waals surface area (Å²) in [7, 11) is 0. The van der Waals surface area contributed by atoms with E-state index in [-0.39, 0.29) is 6.04 Å². The molecule has 0 spiro atoms. The van der Waals surface area contributed by atoms with E-state index in [2.05, 4.69) is 28.1 Å². The van der Waals surface area contributed by atoms with Crippen molar-refractivity contribution in [3.63, 3.8) is 0 Å². The average Bonchev–Trinajstić information content (AvgIpc) is 2.70. The molecule has 2 rings (SSSR count). The average molecular weight is 231 g/mol. The van der Waals surface area contributed by atoms with E-state index in [1.165, 1.54) is 6.33 Å². The lowest BCUT2D eigenvalue weighted by atomic mass is 10.1. The molecule has 0 fully saturated rings. The first-order valence-electron chi connectivity index (χ1n) is 5.74. The second kappa shape index (κ2) is 5.05. The van der Waals surface area contributed by atoms with Crippen molar-refractivity contribution in [2.24, 2.45) is 5.73 Å². The minimum Gasteiger partial charge on any atom is -0.324 e. The molecule has 2 aromatic rings. The van der Waals surface area contributed by atoms with Crippen molar-refractivity contribution >= 4 is 0 Å². The van der Waals surface area contributed by atoms with E-state index in [9.17, 15) is 0 Å². The van der Waals surface area contributed by atoms with Gasteiger partial charge in [0.1, 0.15) is 6.33 Å². The first-order valence-corrected chi connectivity index (χ1v) is 5.74. The van der Waals surface area contributed by atoms with Crippen LogP contribution in [0.2, 0.25) is 0 Å². The number of nitrogens with two attached hydrogens (primary N) is 1. The number of rotatable bonds is 4. The zero-order chi connectivity index (χ0) is 12.3. The van der Waals surface area contributed by atoms with E-state index >= 15 is 0 Å². The van der Waals surface area contributed by atoms with Gasteiger partial charge in [0.05, 0.1) is 5.69 Å². The summed E-state index contributed by atoms with van der Waals surface area (Å²) in [5, 5.41) is 4.41. The van der Waals surface area contributed by atoms with Crippen LogP contribution in [0, 0.1) is 6.92 Å². The molecule has 0 radical (unpaired) electrons. The molecule has 0 aromatic carbocycles. The fraction of sp³-hybridized carbons (Fsp3) is 0.417. The smallest absolute Gasteiger partial charge is 0.115 e. The molecule has 0 aliphatic rings. The predicted molar refractivity (Wildman–Crippen MR) is 65.3 cm³/mol. The van der Waals surface area contributed by atoms with Crippen molar-refractivity contribution in [2.45, 2.75) is 32.9 Å². The van der Waals surface area contributed by atoms with Gasteiger partial charge in [0, 0.05) is 42.7 Å². The second-order valence-electron chi connectivity index (χ2n) is 4.08. The van der Waals surface area contributed by atoms with Crippen LogP contribution in [0.15, 0.2) is 24.8 Å². The Morgan fingerprint density at radius 1 is 1.35 bits per heavy atom. The molecule has 0 saturated heterocycles. The fourth-order valence-corrected chi connectivity index (χ4v) is 1.88. The Morgan fingerprint density at radius 2 is 2.06 bits per heavy atom. The standard InChI is InChI=1S/C12H17N5/c1-3-17-11(4-9(2)16-17)5-12(13)10-6-14-8-15-7-10/h4,6-8,12H,3,5,13H2,1-2H3. The highest BCUT2D eigenvalue weighted by Crippen LogP contribution is 2.15. The van der Waals surface area contributed by atoms with Crippen LogP contribution >= 0.6 is 0 Å². The number of hydrogen-bond donors (Lipinski definition) is 1. The van der Waals surface area contributed by atoms with E-state index < -0.39 is 0 Å². The van der Waals surface area contributed by atoms with E-state index in [1.54, 1.807) is 12.4 Å². The SMILES string of the molecule is CCn1nc(C)cc1CC(N)c1cncnc1. The first-order chi connectivity index (χ1) is 8.20. The maximum atomic E-state index is 6.14. The first kappa shape index (κ1) is 11.7. The number of aromatic nitrogens is 4. The largest absolute Gasteiger partial charge is 0.324 e. The third-order valence-electron chi connectivity index (χ3n) is 2.72. The molecule has 0 aliphatic heterocycles. The summed E-state index contributed by atoms with van der Waals surface area (Å²) in [5.41, 5.74) is 9.27. The Labute approximate surface area is 101 Å². The normalized spacial score (nSPS) is 12.6. The quantitative estimate of drug-likeness (QED) is 0.859. The van der Waals surface area contributed by atoms with Gasteiger partial charge < -0.3 is 5.73 Å². The summed E-state index contributed by atoms with van der Waals surface area (Å²) in [5.74, 6) is 0. The summed E-state index contributed by atoms with van der Waals surface area (Å²) >= 11 is 0. The number of hydrogen-bond acceptors (Lipinski definition) is 4. The van der Waals surface area contributed by atoms with Crippen LogP contribution in [0.1, 0.15) is 29.9 Å². The van der Waals surface area contributed by atoms with Crippen LogP contribution in [-0.4, -0.2) is 19.7 Å². The van der Waals surface area contributed by atoms with Gasteiger partial charge in [-0.1, -0.05) is 0 Å². The van der Waals surface area contributed by atoms with E-state index in [4.69, 9.17) is 5.73 Å². The van der Waals surface area contributed by atoms with Crippen LogP contribution in [-0.2, 0) is 13.0 Å². The molecule has 0 bridgehead atoms. The van der Waals surface area contributed by atoms with Crippen molar-refractivity contribution in [1.29, 1.82) is 0 Å². The molecule has 2 heterocycles. The Hall–Kier alpha value is -1.75. The van der Waals surface area contributed by atoms with Crippen molar-refractivity contribution in [3.8, 4) is 0 Å². The zero-order valence-corrected chi connectivity index (χ0v) is 10.2. The topological polar surface area (TPSA) is 69.6 Å². The summed E-state index contributed by atoms with van der Waals surface area (Å²) in [6, 6.07) is 1.99. The van der Waals surface area contributed by atoms with Crippen LogP contribution in [0.4, 0.5) is 0 Å². The molecule has 90 valence electrons. The molecular weight excluding hydrogens is 214 g/mol. The molecule has 5 nitrogen and oxygen atoms in total. The highest BCUT2D eigenvalue weighted by molar-refractivity contribution is 5.16. The molecule has 1 unspecified atom stereocenters. The fourth-order valence-electron chi connectivity index (χ4n) is 1.88. The van der Waals surface area contributed by atoms with E-state index in [0.717, 1.165) is 29.9 Å². The van der Waals surface area contributed by atoms with Gasteiger partial charge in [0.25, 0.3) is 0 Å². The molecule has 1 atom stereocenters. The Balaban J connectivity index is 2.15. The predicted octanol–water partition coefficient (Wildman–Crippen LogP) is 1.24. The summed E-state index contributed by atoms with van der Waals surface area (Å²) < 4.78 is 1.99. The third kappa shape index (κ3) is 2.68. The summed E-state index contributed by atoms with van der Waals surface area (Å²) in [4.78, 5) is 7.96. The maximum Gasteiger partial charge on any atom is 0.115 e.